The second kappa shape index (κ2) is 6.13. The Labute approximate surface area is 95.6 Å². The molecule has 1 aliphatic rings. The van der Waals surface area contributed by atoms with E-state index in [1.54, 1.807) is 7.05 Å². The van der Waals surface area contributed by atoms with E-state index < -0.39 is 0 Å². The molecule has 0 spiro atoms. The van der Waals surface area contributed by atoms with E-state index in [1.165, 1.54) is 0 Å². The minimum absolute atomic E-state index is 0.0257. The Bertz CT molecular complexity index is 309. The Kier molecular flexibility index (Phi) is 4.80. The number of terminal acetylenes is 1. The predicted octanol–water partition coefficient (Wildman–Crippen LogP) is -1.05. The molecule has 5 nitrogen and oxygen atoms in total. The molecule has 1 heterocycles. The molecule has 16 heavy (non-hydrogen) atoms. The summed E-state index contributed by atoms with van der Waals surface area (Å²) in [6, 6.07) is -0.179. The average molecular weight is 223 g/mol. The van der Waals surface area contributed by atoms with Gasteiger partial charge < -0.3 is 10.6 Å². The maximum Gasteiger partial charge on any atom is 0.237 e. The number of amides is 2. The zero-order valence-corrected chi connectivity index (χ0v) is 9.45. The van der Waals surface area contributed by atoms with Crippen LogP contribution >= 0.6 is 0 Å². The van der Waals surface area contributed by atoms with Crippen molar-refractivity contribution in [3.63, 3.8) is 0 Å². The molecule has 1 fully saturated rings. The van der Waals surface area contributed by atoms with Crippen LogP contribution in [0.3, 0.4) is 0 Å². The van der Waals surface area contributed by atoms with Crippen molar-refractivity contribution in [2.75, 3.05) is 26.7 Å². The second-order valence-corrected chi connectivity index (χ2v) is 3.72. The zero-order chi connectivity index (χ0) is 12.0. The van der Waals surface area contributed by atoms with Gasteiger partial charge in [0.1, 0.15) is 0 Å². The van der Waals surface area contributed by atoms with Gasteiger partial charge in [0.2, 0.25) is 11.8 Å². The van der Waals surface area contributed by atoms with Gasteiger partial charge >= 0.3 is 0 Å². The summed E-state index contributed by atoms with van der Waals surface area (Å²) in [4.78, 5) is 24.8. The van der Waals surface area contributed by atoms with E-state index in [1.807, 2.05) is 4.90 Å². The molecular formula is C11H17N3O2. The monoisotopic (exact) mass is 223 g/mol. The summed E-state index contributed by atoms with van der Waals surface area (Å²) in [5.74, 6) is 2.18. The van der Waals surface area contributed by atoms with E-state index in [9.17, 15) is 9.59 Å². The van der Waals surface area contributed by atoms with E-state index in [0.717, 1.165) is 19.4 Å². The van der Waals surface area contributed by atoms with Crippen molar-refractivity contribution in [1.29, 1.82) is 0 Å². The third kappa shape index (κ3) is 3.24. The van der Waals surface area contributed by atoms with Gasteiger partial charge in [0.15, 0.2) is 0 Å². The van der Waals surface area contributed by atoms with Crippen LogP contribution in [0.2, 0.25) is 0 Å². The van der Waals surface area contributed by atoms with Gasteiger partial charge in [-0.3, -0.25) is 14.5 Å². The summed E-state index contributed by atoms with van der Waals surface area (Å²) in [5.41, 5.74) is 0. The van der Waals surface area contributed by atoms with Crippen LogP contribution in [0.15, 0.2) is 0 Å². The molecule has 0 aromatic heterocycles. The fourth-order valence-electron chi connectivity index (χ4n) is 1.87. The topological polar surface area (TPSA) is 61.4 Å². The number of carbonyl (C=O) groups excluding carboxylic acids is 2. The molecule has 88 valence electrons. The Hall–Kier alpha value is -1.54. The molecule has 0 bridgehead atoms. The molecule has 2 N–H and O–H groups in total. The molecule has 1 unspecified atom stereocenters. The van der Waals surface area contributed by atoms with Crippen LogP contribution in [-0.4, -0.2) is 49.4 Å². The first-order chi connectivity index (χ1) is 7.69. The highest BCUT2D eigenvalue weighted by atomic mass is 16.2. The highest BCUT2D eigenvalue weighted by Gasteiger charge is 2.30. The molecule has 1 atom stereocenters. The third-order valence-electron chi connectivity index (χ3n) is 2.65. The molecule has 0 aromatic rings. The third-order valence-corrected chi connectivity index (χ3v) is 2.65. The summed E-state index contributed by atoms with van der Waals surface area (Å²) in [7, 11) is 1.61. The second-order valence-electron chi connectivity index (χ2n) is 3.72. The summed E-state index contributed by atoms with van der Waals surface area (Å²) in [5, 5.41) is 5.20. The van der Waals surface area contributed by atoms with Gasteiger partial charge in [0.25, 0.3) is 0 Å². The Morgan fingerprint density at radius 3 is 2.94 bits per heavy atom. The molecule has 0 aromatic carbocycles. The smallest absolute Gasteiger partial charge is 0.237 e. The first-order valence-electron chi connectivity index (χ1n) is 5.35. The molecule has 2 amide bonds. The largest absolute Gasteiger partial charge is 0.358 e. The van der Waals surface area contributed by atoms with E-state index in [-0.39, 0.29) is 30.9 Å². The maximum absolute atomic E-state index is 11.5. The SMILES string of the molecule is C#CCNC(=O)CN1CCCC1C(=O)NC. The zero-order valence-electron chi connectivity index (χ0n) is 9.45. The molecule has 0 radical (unpaired) electrons. The molecule has 0 saturated carbocycles. The summed E-state index contributed by atoms with van der Waals surface area (Å²) < 4.78 is 0. The number of rotatable bonds is 4. The van der Waals surface area contributed by atoms with Crippen molar-refractivity contribution in [3.8, 4) is 12.3 Å². The molecule has 1 saturated heterocycles. The highest BCUT2D eigenvalue weighted by Crippen LogP contribution is 2.16. The fraction of sp³-hybridized carbons (Fsp3) is 0.636. The lowest BCUT2D eigenvalue weighted by Crippen LogP contribution is -2.46. The van der Waals surface area contributed by atoms with Crippen LogP contribution in [-0.2, 0) is 9.59 Å². The van der Waals surface area contributed by atoms with E-state index in [2.05, 4.69) is 16.6 Å². The number of likely N-dealkylation sites (N-methyl/N-ethyl adjacent to an activating group) is 1. The van der Waals surface area contributed by atoms with Gasteiger partial charge in [-0.25, -0.2) is 0 Å². The number of likely N-dealkylation sites (tertiary alicyclic amines) is 1. The number of nitrogens with zero attached hydrogens (tertiary/aromatic N) is 1. The van der Waals surface area contributed by atoms with Crippen LogP contribution in [0.1, 0.15) is 12.8 Å². The van der Waals surface area contributed by atoms with Gasteiger partial charge in [-0.1, -0.05) is 5.92 Å². The van der Waals surface area contributed by atoms with Gasteiger partial charge in [-0.15, -0.1) is 6.42 Å². The van der Waals surface area contributed by atoms with Gasteiger partial charge in [0.05, 0.1) is 19.1 Å². The normalized spacial score (nSPS) is 20.1. The number of hydrogen-bond donors (Lipinski definition) is 2. The summed E-state index contributed by atoms with van der Waals surface area (Å²) in [6.07, 6.45) is 6.79. The minimum atomic E-state index is -0.179. The van der Waals surface area contributed by atoms with Crippen molar-refractivity contribution < 1.29 is 9.59 Å². The van der Waals surface area contributed by atoms with E-state index in [0.29, 0.717) is 0 Å². The fourth-order valence-corrected chi connectivity index (χ4v) is 1.87. The Morgan fingerprint density at radius 2 is 2.31 bits per heavy atom. The summed E-state index contributed by atoms with van der Waals surface area (Å²) in [6.45, 7) is 1.25. The van der Waals surface area contributed by atoms with Crippen LogP contribution < -0.4 is 10.6 Å². The Balaban J connectivity index is 2.44. The lowest BCUT2D eigenvalue weighted by atomic mass is 10.2. The lowest BCUT2D eigenvalue weighted by molar-refractivity contribution is -0.127. The number of carbonyl (C=O) groups is 2. The van der Waals surface area contributed by atoms with Crippen molar-refractivity contribution in [1.82, 2.24) is 15.5 Å². The quantitative estimate of drug-likeness (QED) is 0.598. The van der Waals surface area contributed by atoms with Gasteiger partial charge in [-0.2, -0.15) is 0 Å². The number of hydrogen-bond acceptors (Lipinski definition) is 3. The molecule has 1 rings (SSSR count). The molecule has 5 heteroatoms. The summed E-state index contributed by atoms with van der Waals surface area (Å²) >= 11 is 0. The van der Waals surface area contributed by atoms with Crippen molar-refractivity contribution in [2.45, 2.75) is 18.9 Å². The van der Waals surface area contributed by atoms with E-state index >= 15 is 0 Å². The van der Waals surface area contributed by atoms with E-state index in [4.69, 9.17) is 6.42 Å². The molecule has 1 aliphatic heterocycles. The molecule has 0 aliphatic carbocycles. The Morgan fingerprint density at radius 1 is 1.56 bits per heavy atom. The van der Waals surface area contributed by atoms with Crippen LogP contribution in [0, 0.1) is 12.3 Å². The standard InChI is InChI=1S/C11H17N3O2/c1-3-6-13-10(15)8-14-7-4-5-9(14)11(16)12-2/h1,9H,4-8H2,2H3,(H,12,16)(H,13,15). The highest BCUT2D eigenvalue weighted by molar-refractivity contribution is 5.83. The predicted molar refractivity (Wildman–Crippen MR) is 60.5 cm³/mol. The van der Waals surface area contributed by atoms with Gasteiger partial charge in [0, 0.05) is 7.05 Å². The average Bonchev–Trinajstić information content (AvgIpc) is 2.73. The lowest BCUT2D eigenvalue weighted by Gasteiger charge is -2.21. The van der Waals surface area contributed by atoms with Crippen molar-refractivity contribution in [2.24, 2.45) is 0 Å². The van der Waals surface area contributed by atoms with Gasteiger partial charge in [-0.05, 0) is 19.4 Å². The van der Waals surface area contributed by atoms with Crippen LogP contribution in [0.5, 0.6) is 0 Å². The minimum Gasteiger partial charge on any atom is -0.358 e. The van der Waals surface area contributed by atoms with Crippen molar-refractivity contribution >= 4 is 11.8 Å². The van der Waals surface area contributed by atoms with Crippen molar-refractivity contribution in [3.05, 3.63) is 0 Å². The van der Waals surface area contributed by atoms with Crippen LogP contribution in [0.25, 0.3) is 0 Å². The first-order valence-corrected chi connectivity index (χ1v) is 5.35. The first kappa shape index (κ1) is 12.5. The molecular weight excluding hydrogens is 206 g/mol. The maximum atomic E-state index is 11.5. The van der Waals surface area contributed by atoms with Crippen LogP contribution in [0.4, 0.5) is 0 Å². The number of nitrogens with one attached hydrogen (secondary N) is 2.